The number of benzene rings is 1. The van der Waals surface area contributed by atoms with Crippen LogP contribution in [-0.4, -0.2) is 36.1 Å². The largest absolute Gasteiger partial charge is 0.370 e. The lowest BCUT2D eigenvalue weighted by Gasteiger charge is -2.17. The third-order valence-corrected chi connectivity index (χ3v) is 3.48. The Bertz CT molecular complexity index is 506. The zero-order valence-corrected chi connectivity index (χ0v) is 11.9. The molecule has 0 aliphatic heterocycles. The van der Waals surface area contributed by atoms with Gasteiger partial charge in [0.15, 0.2) is 0 Å². The number of pyridine rings is 1. The van der Waals surface area contributed by atoms with E-state index in [-0.39, 0.29) is 0 Å². The molecule has 3 heteroatoms. The molecule has 2 aromatic rings. The van der Waals surface area contributed by atoms with Crippen LogP contribution in [0.25, 0.3) is 10.8 Å². The second-order valence-corrected chi connectivity index (χ2v) is 4.72. The number of hydrogen-bond acceptors (Lipinski definition) is 3. The van der Waals surface area contributed by atoms with Crippen molar-refractivity contribution < 1.29 is 0 Å². The second-order valence-electron chi connectivity index (χ2n) is 4.72. The van der Waals surface area contributed by atoms with Crippen molar-refractivity contribution in [1.82, 2.24) is 9.88 Å². The zero-order chi connectivity index (χ0) is 13.5. The quantitative estimate of drug-likeness (QED) is 0.771. The third kappa shape index (κ3) is 3.93. The van der Waals surface area contributed by atoms with Gasteiger partial charge < -0.3 is 10.2 Å². The highest BCUT2D eigenvalue weighted by Crippen LogP contribution is 2.15. The van der Waals surface area contributed by atoms with Crippen molar-refractivity contribution in [1.29, 1.82) is 0 Å². The fraction of sp³-hybridized carbons (Fsp3) is 0.438. The molecule has 1 heterocycles. The molecule has 2 rings (SSSR count). The number of rotatable bonds is 7. The van der Waals surface area contributed by atoms with Gasteiger partial charge in [0.1, 0.15) is 5.82 Å². The molecule has 0 atom stereocenters. The topological polar surface area (TPSA) is 28.2 Å². The Balaban J connectivity index is 1.84. The van der Waals surface area contributed by atoms with Gasteiger partial charge in [-0.15, -0.1) is 0 Å². The molecule has 0 unspecified atom stereocenters. The van der Waals surface area contributed by atoms with E-state index in [1.165, 1.54) is 10.8 Å². The number of hydrogen-bond donors (Lipinski definition) is 1. The number of fused-ring (bicyclic) bond motifs is 1. The van der Waals surface area contributed by atoms with Gasteiger partial charge in [0.25, 0.3) is 0 Å². The fourth-order valence-corrected chi connectivity index (χ4v) is 2.24. The van der Waals surface area contributed by atoms with Crippen molar-refractivity contribution in [2.75, 3.05) is 31.5 Å². The van der Waals surface area contributed by atoms with Crippen molar-refractivity contribution >= 4 is 16.6 Å². The first-order chi connectivity index (χ1) is 9.33. The van der Waals surface area contributed by atoms with Crippen molar-refractivity contribution in [3.8, 4) is 0 Å². The monoisotopic (exact) mass is 257 g/mol. The number of nitrogens with zero attached hydrogens (tertiary/aromatic N) is 2. The number of nitrogens with one attached hydrogen (secondary N) is 1. The van der Waals surface area contributed by atoms with Gasteiger partial charge in [0.2, 0.25) is 0 Å². The Labute approximate surface area is 115 Å². The Morgan fingerprint density at radius 2 is 1.84 bits per heavy atom. The minimum absolute atomic E-state index is 0.971. The summed E-state index contributed by atoms with van der Waals surface area (Å²) in [5.41, 5.74) is 0. The van der Waals surface area contributed by atoms with Crippen LogP contribution in [0.5, 0.6) is 0 Å². The highest BCUT2D eigenvalue weighted by Gasteiger charge is 1.99. The molecule has 1 aromatic carbocycles. The Morgan fingerprint density at radius 1 is 1.11 bits per heavy atom. The summed E-state index contributed by atoms with van der Waals surface area (Å²) in [6.07, 6.45) is 3.08. The first-order valence-corrected chi connectivity index (χ1v) is 7.14. The molecular weight excluding hydrogens is 234 g/mol. The highest BCUT2D eigenvalue weighted by atomic mass is 15.1. The van der Waals surface area contributed by atoms with E-state index in [2.05, 4.69) is 53.3 Å². The molecule has 0 aliphatic rings. The van der Waals surface area contributed by atoms with Crippen LogP contribution in [0.15, 0.2) is 36.5 Å². The normalized spacial score (nSPS) is 11.1. The van der Waals surface area contributed by atoms with Crippen molar-refractivity contribution in [3.05, 3.63) is 36.5 Å². The van der Waals surface area contributed by atoms with E-state index in [0.29, 0.717) is 0 Å². The molecule has 0 saturated carbocycles. The fourth-order valence-electron chi connectivity index (χ4n) is 2.24. The smallest absolute Gasteiger partial charge is 0.126 e. The lowest BCUT2D eigenvalue weighted by Crippen LogP contribution is -2.25. The molecule has 0 saturated heterocycles. The van der Waals surface area contributed by atoms with Crippen LogP contribution in [0.2, 0.25) is 0 Å². The average molecular weight is 257 g/mol. The SMILES string of the molecule is CCN(CC)CCCNc1cc2ccccc2cn1. The van der Waals surface area contributed by atoms with E-state index < -0.39 is 0 Å². The third-order valence-electron chi connectivity index (χ3n) is 3.48. The molecule has 102 valence electrons. The zero-order valence-electron chi connectivity index (χ0n) is 11.9. The molecule has 0 amide bonds. The second kappa shape index (κ2) is 7.10. The minimum atomic E-state index is 0.971. The van der Waals surface area contributed by atoms with Crippen LogP contribution in [0.4, 0.5) is 5.82 Å². The van der Waals surface area contributed by atoms with Gasteiger partial charge in [0.05, 0.1) is 0 Å². The summed E-state index contributed by atoms with van der Waals surface area (Å²) < 4.78 is 0. The molecule has 0 radical (unpaired) electrons. The van der Waals surface area contributed by atoms with Crippen molar-refractivity contribution in [3.63, 3.8) is 0 Å². The van der Waals surface area contributed by atoms with E-state index >= 15 is 0 Å². The summed E-state index contributed by atoms with van der Waals surface area (Å²) in [5.74, 6) is 0.971. The van der Waals surface area contributed by atoms with Gasteiger partial charge in [-0.25, -0.2) is 4.98 Å². The lowest BCUT2D eigenvalue weighted by molar-refractivity contribution is 0.303. The van der Waals surface area contributed by atoms with Crippen LogP contribution < -0.4 is 5.32 Å². The molecule has 0 fully saturated rings. The maximum absolute atomic E-state index is 4.44. The maximum atomic E-state index is 4.44. The van der Waals surface area contributed by atoms with Crippen LogP contribution in [0, 0.1) is 0 Å². The van der Waals surface area contributed by atoms with E-state index in [4.69, 9.17) is 0 Å². The first kappa shape index (κ1) is 13.8. The molecule has 0 spiro atoms. The van der Waals surface area contributed by atoms with Crippen molar-refractivity contribution in [2.24, 2.45) is 0 Å². The summed E-state index contributed by atoms with van der Waals surface area (Å²) in [4.78, 5) is 6.88. The Kier molecular flexibility index (Phi) is 5.16. The van der Waals surface area contributed by atoms with Crippen LogP contribution >= 0.6 is 0 Å². The van der Waals surface area contributed by atoms with E-state index in [0.717, 1.165) is 38.4 Å². The lowest BCUT2D eigenvalue weighted by atomic mass is 10.2. The van der Waals surface area contributed by atoms with Gasteiger partial charge >= 0.3 is 0 Å². The average Bonchev–Trinajstić information content (AvgIpc) is 2.47. The molecule has 0 aliphatic carbocycles. The standard InChI is InChI=1S/C16H23N3/c1-3-19(4-2)11-7-10-17-16-12-14-8-5-6-9-15(14)13-18-16/h5-6,8-9,12-13H,3-4,7,10-11H2,1-2H3,(H,17,18). The van der Waals surface area contributed by atoms with E-state index in [1.54, 1.807) is 0 Å². The Morgan fingerprint density at radius 3 is 2.58 bits per heavy atom. The predicted octanol–water partition coefficient (Wildman–Crippen LogP) is 3.38. The first-order valence-electron chi connectivity index (χ1n) is 7.14. The van der Waals surface area contributed by atoms with Gasteiger partial charge in [-0.2, -0.15) is 0 Å². The van der Waals surface area contributed by atoms with Crippen LogP contribution in [0.3, 0.4) is 0 Å². The number of anilines is 1. The molecule has 1 aromatic heterocycles. The molecule has 0 bridgehead atoms. The van der Waals surface area contributed by atoms with E-state index in [1.807, 2.05) is 12.3 Å². The maximum Gasteiger partial charge on any atom is 0.126 e. The van der Waals surface area contributed by atoms with Gasteiger partial charge in [-0.05, 0) is 37.5 Å². The van der Waals surface area contributed by atoms with E-state index in [9.17, 15) is 0 Å². The Hall–Kier alpha value is -1.61. The van der Waals surface area contributed by atoms with Gasteiger partial charge in [0, 0.05) is 18.1 Å². The van der Waals surface area contributed by atoms with Crippen LogP contribution in [0.1, 0.15) is 20.3 Å². The summed E-state index contributed by atoms with van der Waals surface area (Å²) >= 11 is 0. The summed E-state index contributed by atoms with van der Waals surface area (Å²) in [5, 5.41) is 5.83. The minimum Gasteiger partial charge on any atom is -0.370 e. The molecule has 3 nitrogen and oxygen atoms in total. The summed E-state index contributed by atoms with van der Waals surface area (Å²) in [7, 11) is 0. The number of aromatic nitrogens is 1. The predicted molar refractivity (Wildman–Crippen MR) is 82.6 cm³/mol. The molecular formula is C16H23N3. The summed E-state index contributed by atoms with van der Waals surface area (Å²) in [6, 6.07) is 10.4. The summed E-state index contributed by atoms with van der Waals surface area (Å²) in [6.45, 7) is 8.80. The molecule has 19 heavy (non-hydrogen) atoms. The highest BCUT2D eigenvalue weighted by molar-refractivity contribution is 5.83. The van der Waals surface area contributed by atoms with Gasteiger partial charge in [-0.3, -0.25) is 0 Å². The van der Waals surface area contributed by atoms with Crippen LogP contribution in [-0.2, 0) is 0 Å². The van der Waals surface area contributed by atoms with Gasteiger partial charge in [-0.1, -0.05) is 38.1 Å². The molecule has 1 N–H and O–H groups in total. The van der Waals surface area contributed by atoms with Crippen molar-refractivity contribution in [2.45, 2.75) is 20.3 Å².